The topological polar surface area (TPSA) is 163 Å². The van der Waals surface area contributed by atoms with Gasteiger partial charge in [-0.05, 0) is 36.5 Å². The minimum Gasteiger partial charge on any atom is -0.480 e. The molecule has 3 amide bonds. The summed E-state index contributed by atoms with van der Waals surface area (Å²) in [6, 6.07) is 7.61. The molecule has 1 saturated heterocycles. The molecule has 2 fully saturated rings. The normalized spacial score (nSPS) is 22.5. The Morgan fingerprint density at radius 1 is 1.07 bits per heavy atom. The van der Waals surface area contributed by atoms with Gasteiger partial charge in [0.05, 0.1) is 23.6 Å². The average molecular weight is 654 g/mol. The van der Waals surface area contributed by atoms with Crippen molar-refractivity contribution >= 4 is 29.7 Å². The van der Waals surface area contributed by atoms with Crippen molar-refractivity contribution in [2.24, 2.45) is 11.3 Å². The van der Waals surface area contributed by atoms with E-state index >= 15 is 0 Å². The smallest absolute Gasteiger partial charge is 0.414 e. The Kier molecular flexibility index (Phi) is 8.61. The number of carbonyl (C=O) groups excluding carboxylic acids is 2. The zero-order chi connectivity index (χ0) is 33.4. The minimum atomic E-state index is -5.21. The van der Waals surface area contributed by atoms with Crippen LogP contribution in [0.15, 0.2) is 48.7 Å². The number of halogens is 5. The summed E-state index contributed by atoms with van der Waals surface area (Å²) in [5, 5.41) is 26.1. The lowest BCUT2D eigenvalue weighted by molar-refractivity contribution is -0.175. The maximum Gasteiger partial charge on any atom is 0.414 e. The van der Waals surface area contributed by atoms with E-state index in [1.54, 1.807) is 30.3 Å². The lowest BCUT2D eigenvalue weighted by Crippen LogP contribution is -2.47. The van der Waals surface area contributed by atoms with Crippen LogP contribution < -0.4 is 5.32 Å². The van der Waals surface area contributed by atoms with E-state index in [4.69, 9.17) is 4.74 Å². The third-order valence-electron chi connectivity index (χ3n) is 8.39. The number of benzene rings is 1. The number of nitrogens with zero attached hydrogens (tertiary/aromatic N) is 4. The largest absolute Gasteiger partial charge is 0.480 e. The first-order valence-corrected chi connectivity index (χ1v) is 14.2. The number of hydrogen-bond acceptors (Lipinski definition) is 7. The van der Waals surface area contributed by atoms with Gasteiger partial charge < -0.3 is 20.3 Å². The van der Waals surface area contributed by atoms with Crippen LogP contribution in [-0.4, -0.2) is 71.9 Å². The predicted octanol–water partition coefficient (Wildman–Crippen LogP) is 4.98. The van der Waals surface area contributed by atoms with E-state index < -0.39 is 90.2 Å². The molecule has 1 aromatic carbocycles. The molecule has 2 aromatic heterocycles. The summed E-state index contributed by atoms with van der Waals surface area (Å²) < 4.78 is 75.3. The molecule has 1 aliphatic carbocycles. The third-order valence-corrected chi connectivity index (χ3v) is 8.39. The molecule has 1 aliphatic heterocycles. The van der Waals surface area contributed by atoms with E-state index in [0.29, 0.717) is 5.56 Å². The van der Waals surface area contributed by atoms with E-state index in [0.717, 1.165) is 4.52 Å². The van der Waals surface area contributed by atoms with Gasteiger partial charge in [-0.25, -0.2) is 32.8 Å². The number of alkyl carbamates (subject to hydrolysis) is 1. The van der Waals surface area contributed by atoms with Crippen LogP contribution in [0.5, 0.6) is 0 Å². The first-order chi connectivity index (χ1) is 21.6. The minimum absolute atomic E-state index is 0.0485. The number of nitrogens with one attached hydrogen (secondary N) is 1. The van der Waals surface area contributed by atoms with Crippen LogP contribution in [0.25, 0.3) is 5.65 Å². The number of hydrogen-bond donors (Lipinski definition) is 3. The number of carbonyl (C=O) groups is 4. The first kappa shape index (κ1) is 32.6. The van der Waals surface area contributed by atoms with E-state index in [2.05, 4.69) is 15.4 Å². The van der Waals surface area contributed by atoms with Crippen LogP contribution in [0.3, 0.4) is 0 Å². The highest BCUT2D eigenvalue weighted by atomic mass is 19.4. The van der Waals surface area contributed by atoms with Crippen LogP contribution in [0.4, 0.5) is 31.5 Å². The van der Waals surface area contributed by atoms with Crippen molar-refractivity contribution in [2.75, 3.05) is 0 Å². The Balaban J connectivity index is 1.42. The number of aliphatic carboxylic acids is 1. The summed E-state index contributed by atoms with van der Waals surface area (Å²) in [5.74, 6) is -7.02. The van der Waals surface area contributed by atoms with Gasteiger partial charge in [-0.1, -0.05) is 30.3 Å². The second-order valence-electron chi connectivity index (χ2n) is 11.5. The molecular formula is C29H28F5N5O7. The summed E-state index contributed by atoms with van der Waals surface area (Å²) in [6.07, 6.45) is -9.89. The molecule has 17 heteroatoms. The van der Waals surface area contributed by atoms with Gasteiger partial charge in [0.2, 0.25) is 11.8 Å². The average Bonchev–Trinajstić information content (AvgIpc) is 3.54. The molecule has 5 rings (SSSR count). The number of aromatic nitrogens is 3. The Morgan fingerprint density at radius 2 is 1.74 bits per heavy atom. The highest BCUT2D eigenvalue weighted by Gasteiger charge is 2.65. The lowest BCUT2D eigenvalue weighted by Gasteiger charge is -2.33. The van der Waals surface area contributed by atoms with Crippen LogP contribution in [-0.2, 0) is 27.4 Å². The van der Waals surface area contributed by atoms with Crippen molar-refractivity contribution < 1.29 is 56.1 Å². The number of fused-ring (bicyclic) bond motifs is 1. The van der Waals surface area contributed by atoms with Crippen LogP contribution in [0.2, 0.25) is 0 Å². The molecule has 1 saturated carbocycles. The zero-order valence-electron chi connectivity index (χ0n) is 23.9. The standard InChI is InChI=1S/C29H28F5N5O7/c30-28(31)10-8-17(9-11-28)22(36-25(43)46-15-16-4-2-1-3-5-16)19-14-38-21(35-19)7-6-18(37-38)12-27(24(41)42)13-20(29(32,33)34)39(23(27)40)26(44)45/h1-7,14,17,20,22H,8-13,15H2,(H,36,43)(H,41,42)(H,44,45)/t20-,22-,27?/m0/s1. The fourth-order valence-electron chi connectivity index (χ4n) is 5.98. The Labute approximate surface area is 257 Å². The Bertz CT molecular complexity index is 1640. The van der Waals surface area contributed by atoms with Crippen molar-refractivity contribution in [3.63, 3.8) is 0 Å². The van der Waals surface area contributed by atoms with Crippen molar-refractivity contribution in [3.05, 3.63) is 65.6 Å². The molecule has 0 radical (unpaired) electrons. The van der Waals surface area contributed by atoms with Gasteiger partial charge in [0.25, 0.3) is 0 Å². The van der Waals surface area contributed by atoms with E-state index in [-0.39, 0.29) is 36.5 Å². The molecule has 246 valence electrons. The Hall–Kier alpha value is -4.83. The summed E-state index contributed by atoms with van der Waals surface area (Å²) in [7, 11) is 0. The summed E-state index contributed by atoms with van der Waals surface area (Å²) >= 11 is 0. The number of amides is 3. The maximum atomic E-state index is 14.0. The number of carboxylic acid groups (broad SMARTS) is 2. The molecule has 1 unspecified atom stereocenters. The monoisotopic (exact) mass is 653 g/mol. The van der Waals surface area contributed by atoms with E-state index in [9.17, 15) is 51.3 Å². The van der Waals surface area contributed by atoms with Crippen molar-refractivity contribution in [1.29, 1.82) is 0 Å². The number of imidazole rings is 1. The fraction of sp³-hybridized carbons (Fsp3) is 0.448. The number of imide groups is 1. The number of rotatable bonds is 8. The second-order valence-corrected chi connectivity index (χ2v) is 11.5. The van der Waals surface area contributed by atoms with Gasteiger partial charge in [-0.2, -0.15) is 18.3 Å². The number of alkyl halides is 5. The van der Waals surface area contributed by atoms with Gasteiger partial charge in [-0.15, -0.1) is 0 Å². The number of carboxylic acids is 1. The predicted molar refractivity (Wildman–Crippen MR) is 145 cm³/mol. The number of ether oxygens (including phenoxy) is 1. The SMILES string of the molecule is O=C(N[C@H](c1cn2nc(CC3(C(=O)O)C[C@@H](C(F)(F)F)N(C(=O)O)C3=O)ccc2n1)C1CCC(F)(F)CC1)OCc1ccccc1. The molecule has 3 aromatic rings. The zero-order valence-corrected chi connectivity index (χ0v) is 23.9. The van der Waals surface area contributed by atoms with Gasteiger partial charge in [0.15, 0.2) is 11.1 Å². The lowest BCUT2D eigenvalue weighted by atomic mass is 9.80. The molecule has 12 nitrogen and oxygen atoms in total. The Morgan fingerprint density at radius 3 is 2.33 bits per heavy atom. The second kappa shape index (κ2) is 12.2. The molecule has 0 spiro atoms. The quantitative estimate of drug-likeness (QED) is 0.225. The number of likely N-dealkylation sites (tertiary alicyclic amines) is 1. The van der Waals surface area contributed by atoms with Gasteiger partial charge >= 0.3 is 24.3 Å². The molecule has 2 aliphatic rings. The molecule has 46 heavy (non-hydrogen) atoms. The highest BCUT2D eigenvalue weighted by Crippen LogP contribution is 2.45. The molecule has 3 N–H and O–H groups in total. The molecular weight excluding hydrogens is 625 g/mol. The van der Waals surface area contributed by atoms with Gasteiger partial charge in [-0.3, -0.25) is 9.59 Å². The van der Waals surface area contributed by atoms with E-state index in [1.165, 1.54) is 18.3 Å². The van der Waals surface area contributed by atoms with E-state index in [1.807, 2.05) is 0 Å². The summed E-state index contributed by atoms with van der Waals surface area (Å²) in [5.41, 5.74) is -1.86. The summed E-state index contributed by atoms with van der Waals surface area (Å²) in [6.45, 7) is -0.0588. The van der Waals surface area contributed by atoms with Gasteiger partial charge in [0, 0.05) is 25.7 Å². The molecule has 3 heterocycles. The third kappa shape index (κ3) is 6.57. The fourth-order valence-corrected chi connectivity index (χ4v) is 5.98. The van der Waals surface area contributed by atoms with Crippen LogP contribution in [0.1, 0.15) is 55.1 Å². The first-order valence-electron chi connectivity index (χ1n) is 14.2. The molecule has 3 atom stereocenters. The van der Waals surface area contributed by atoms with Crippen molar-refractivity contribution in [1.82, 2.24) is 24.8 Å². The highest BCUT2D eigenvalue weighted by molar-refractivity contribution is 6.09. The van der Waals surface area contributed by atoms with Crippen molar-refractivity contribution in [3.8, 4) is 0 Å². The van der Waals surface area contributed by atoms with Crippen molar-refractivity contribution in [2.45, 2.75) is 69.3 Å². The van der Waals surface area contributed by atoms with Gasteiger partial charge in [0.1, 0.15) is 12.6 Å². The van der Waals surface area contributed by atoms with Crippen LogP contribution in [0, 0.1) is 11.3 Å². The maximum absolute atomic E-state index is 14.0. The van der Waals surface area contributed by atoms with Crippen LogP contribution >= 0.6 is 0 Å². The summed E-state index contributed by atoms with van der Waals surface area (Å²) in [4.78, 5) is 53.4. The molecule has 0 bridgehead atoms.